The summed E-state index contributed by atoms with van der Waals surface area (Å²) < 4.78 is 4.10. The molecule has 0 fully saturated rings. The number of hydrogen-bond acceptors (Lipinski definition) is 2. The van der Waals surface area contributed by atoms with Crippen molar-refractivity contribution >= 4 is 38.5 Å². The zero-order chi connectivity index (χ0) is 4.99. The number of hydrogen-bond donors (Lipinski definition) is 1. The molecule has 0 saturated heterocycles. The van der Waals surface area contributed by atoms with Crippen LogP contribution in [0.15, 0.2) is 0 Å². The molecule has 5 heteroatoms. The van der Waals surface area contributed by atoms with Crippen LogP contribution >= 0.6 is 32.4 Å². The van der Waals surface area contributed by atoms with Crippen molar-refractivity contribution in [3.63, 3.8) is 0 Å². The van der Waals surface area contributed by atoms with Gasteiger partial charge in [-0.1, -0.05) is 0 Å². The number of amides is 1. The van der Waals surface area contributed by atoms with E-state index in [1.54, 1.807) is 0 Å². The maximum absolute atomic E-state index is 9.82. The average molecular weight is 219 g/mol. The second-order valence-corrected chi connectivity index (χ2v) is 1.24. The molecule has 0 aliphatic heterocycles. The highest BCUT2D eigenvalue weighted by Crippen LogP contribution is 1.86. The zero-order valence-corrected chi connectivity index (χ0v) is 6.08. The van der Waals surface area contributed by atoms with Gasteiger partial charge in [0.1, 0.15) is 0 Å². The summed E-state index contributed by atoms with van der Waals surface area (Å²) in [5, 5.41) is 2.16. The lowest BCUT2D eigenvalue weighted by atomic mass is 11.3. The largest absolute Gasteiger partial charge is 0.419 e. The number of rotatable bonds is 0. The van der Waals surface area contributed by atoms with Gasteiger partial charge in [-0.05, 0) is 9.39 Å². The molecule has 3 nitrogen and oxygen atoms in total. The van der Waals surface area contributed by atoms with Crippen molar-refractivity contribution in [1.82, 2.24) is 5.09 Å². The first-order valence-electron chi connectivity index (χ1n) is 1.10. The van der Waals surface area contributed by atoms with Gasteiger partial charge >= 0.3 is 6.09 Å². The van der Waals surface area contributed by atoms with Gasteiger partial charge in [-0.3, -0.25) is 0 Å². The number of nitrogens with one attached hydrogen (secondary N) is 1. The maximum Gasteiger partial charge on any atom is 0.419 e. The second-order valence-electron chi connectivity index (χ2n) is 0.509. The van der Waals surface area contributed by atoms with E-state index in [0.29, 0.717) is 0 Å². The molecule has 0 radical (unpaired) electrons. The van der Waals surface area contributed by atoms with Crippen molar-refractivity contribution in [3.8, 4) is 0 Å². The van der Waals surface area contributed by atoms with Crippen LogP contribution in [0.25, 0.3) is 0 Å². The number of carbonyl (C=O) groups is 1. The van der Waals surface area contributed by atoms with Gasteiger partial charge in [0.25, 0.3) is 0 Å². The third-order valence-corrected chi connectivity index (χ3v) is 0.824. The summed E-state index contributed by atoms with van der Waals surface area (Å²) in [4.78, 5) is 9.82. The molecule has 0 bridgehead atoms. The second kappa shape index (κ2) is 3.61. The van der Waals surface area contributed by atoms with Gasteiger partial charge in [0.05, 0.1) is 0 Å². The molecule has 0 aliphatic rings. The van der Waals surface area contributed by atoms with E-state index in [1.165, 1.54) is 23.0 Å². The van der Waals surface area contributed by atoms with Crippen LogP contribution in [0.3, 0.4) is 0 Å². The summed E-state index contributed by atoms with van der Waals surface area (Å²) >= 11 is 1.49. The Morgan fingerprint density at radius 3 is 2.50 bits per heavy atom. The van der Waals surface area contributed by atoms with E-state index in [2.05, 4.69) is 8.15 Å². The molecule has 1 unspecified atom stereocenters. The van der Waals surface area contributed by atoms with Gasteiger partial charge < -0.3 is 8.15 Å². The van der Waals surface area contributed by atoms with Crippen molar-refractivity contribution < 1.29 is 7.86 Å². The Bertz CT molecular complexity index is 51.5. The van der Waals surface area contributed by atoms with E-state index < -0.39 is 6.09 Å². The van der Waals surface area contributed by atoms with Crippen LogP contribution in [0.2, 0.25) is 0 Å². The molecule has 6 heavy (non-hydrogen) atoms. The highest BCUT2D eigenvalue weighted by Gasteiger charge is 1.87. The summed E-state index contributed by atoms with van der Waals surface area (Å²) in [5.41, 5.74) is 0. The molecule has 0 heterocycles. The SMILES string of the molecule is O=C(NP)OI. The van der Waals surface area contributed by atoms with Crippen molar-refractivity contribution in [2.45, 2.75) is 0 Å². The minimum absolute atomic E-state index is 0.458. The summed E-state index contributed by atoms with van der Waals surface area (Å²) in [6, 6.07) is 0. The van der Waals surface area contributed by atoms with Gasteiger partial charge in [0.2, 0.25) is 0 Å². The fraction of sp³-hybridized carbons (Fsp3) is 0. The van der Waals surface area contributed by atoms with E-state index in [1.807, 2.05) is 9.39 Å². The van der Waals surface area contributed by atoms with Crippen molar-refractivity contribution in [2.75, 3.05) is 0 Å². The summed E-state index contributed by atoms with van der Waals surface area (Å²) in [6.07, 6.45) is -0.458. The Kier molecular flexibility index (Phi) is 3.87. The van der Waals surface area contributed by atoms with Crippen LogP contribution < -0.4 is 5.09 Å². The maximum atomic E-state index is 9.82. The predicted molar refractivity (Wildman–Crippen MR) is 33.3 cm³/mol. The topological polar surface area (TPSA) is 38.3 Å². The quantitative estimate of drug-likeness (QED) is 0.484. The van der Waals surface area contributed by atoms with E-state index in [4.69, 9.17) is 0 Å². The Balaban J connectivity index is 2.99. The first kappa shape index (κ1) is 6.43. The lowest BCUT2D eigenvalue weighted by Gasteiger charge is -1.87. The normalized spacial score (nSPS) is 7.00. The van der Waals surface area contributed by atoms with Gasteiger partial charge in [-0.25, -0.2) is 4.79 Å². The lowest BCUT2D eigenvalue weighted by Crippen LogP contribution is -2.06. The molecule has 0 aromatic carbocycles. The summed E-state index contributed by atoms with van der Waals surface area (Å²) in [6.45, 7) is 0. The minimum atomic E-state index is -0.458. The van der Waals surface area contributed by atoms with Crippen LogP contribution in [0, 0.1) is 0 Å². The number of carbonyl (C=O) groups excluding carboxylic acids is 1. The van der Waals surface area contributed by atoms with Crippen LogP contribution in [0.4, 0.5) is 4.79 Å². The molecule has 0 spiro atoms. The summed E-state index contributed by atoms with van der Waals surface area (Å²) in [7, 11) is 2.01. The summed E-state index contributed by atoms with van der Waals surface area (Å²) in [5.74, 6) is 0. The first-order valence-corrected chi connectivity index (χ1v) is 2.56. The van der Waals surface area contributed by atoms with Gasteiger partial charge in [-0.2, -0.15) is 0 Å². The first-order chi connectivity index (χ1) is 2.81. The fourth-order valence-electron chi connectivity index (χ4n) is 0.0223. The molecule has 0 aromatic rings. The lowest BCUT2D eigenvalue weighted by molar-refractivity contribution is 0.221. The smallest absolute Gasteiger partial charge is 0.378 e. The van der Waals surface area contributed by atoms with Crippen LogP contribution in [0.5, 0.6) is 0 Å². The standard InChI is InChI=1S/CH3INO2P/c2-5-1(4)3-6/h6H2,(H,3,4). The Morgan fingerprint density at radius 1 is 2.00 bits per heavy atom. The fourth-order valence-corrected chi connectivity index (χ4v) is 0.448. The molecule has 0 rings (SSSR count). The van der Waals surface area contributed by atoms with Gasteiger partial charge in [0, 0.05) is 0 Å². The van der Waals surface area contributed by atoms with Gasteiger partial charge in [0.15, 0.2) is 23.0 Å². The third kappa shape index (κ3) is 2.66. The molecular formula is CH3INO2P. The van der Waals surface area contributed by atoms with Crippen molar-refractivity contribution in [3.05, 3.63) is 0 Å². The average Bonchev–Trinajstić information content (AvgIpc) is 1.65. The van der Waals surface area contributed by atoms with E-state index in [0.717, 1.165) is 0 Å². The van der Waals surface area contributed by atoms with E-state index in [9.17, 15) is 4.79 Å². The molecule has 1 N–H and O–H groups in total. The molecule has 0 aromatic heterocycles. The monoisotopic (exact) mass is 219 g/mol. The molecule has 0 aliphatic carbocycles. The Labute approximate surface area is 51.8 Å². The molecule has 1 amide bonds. The molecular weight excluding hydrogens is 216 g/mol. The van der Waals surface area contributed by atoms with Crippen molar-refractivity contribution in [1.29, 1.82) is 0 Å². The minimum Gasteiger partial charge on any atom is -0.378 e. The van der Waals surface area contributed by atoms with Crippen molar-refractivity contribution in [2.24, 2.45) is 0 Å². The Hall–Kier alpha value is 0.430. The predicted octanol–water partition coefficient (Wildman–Crippen LogP) is 0.853. The Morgan fingerprint density at radius 2 is 2.50 bits per heavy atom. The highest BCUT2D eigenvalue weighted by molar-refractivity contribution is 14.1. The van der Waals surface area contributed by atoms with Crippen LogP contribution in [0.1, 0.15) is 0 Å². The molecule has 1 atom stereocenters. The van der Waals surface area contributed by atoms with E-state index >= 15 is 0 Å². The highest BCUT2D eigenvalue weighted by atomic mass is 127. The number of halogens is 1. The van der Waals surface area contributed by atoms with Crippen LogP contribution in [-0.4, -0.2) is 6.09 Å². The molecule has 36 valence electrons. The molecule has 0 saturated carbocycles. The zero-order valence-electron chi connectivity index (χ0n) is 2.77. The van der Waals surface area contributed by atoms with Gasteiger partial charge in [-0.15, -0.1) is 0 Å². The third-order valence-electron chi connectivity index (χ3n) is 0.188. The van der Waals surface area contributed by atoms with Crippen LogP contribution in [-0.2, 0) is 3.07 Å². The van der Waals surface area contributed by atoms with E-state index in [-0.39, 0.29) is 0 Å².